The first-order valence-electron chi connectivity index (χ1n) is 4.68. The molecule has 0 unspecified atom stereocenters. The molecule has 0 fully saturated rings. The number of nitrogens with zero attached hydrogens (tertiary/aromatic N) is 2. The lowest BCUT2D eigenvalue weighted by molar-refractivity contribution is 0.458. The highest BCUT2D eigenvalue weighted by Crippen LogP contribution is 2.14. The average Bonchev–Trinajstić information content (AvgIpc) is 2.89. The zero-order valence-corrected chi connectivity index (χ0v) is 9.53. The zero-order chi connectivity index (χ0) is 11.6. The molecule has 0 aromatic carbocycles. The van der Waals surface area contributed by atoms with E-state index >= 15 is 0 Å². The maximum absolute atomic E-state index is 12.0. The first-order chi connectivity index (χ1) is 7.60. The fourth-order valence-electron chi connectivity index (χ4n) is 1.33. The number of H-pyrrole nitrogens is 2. The van der Waals surface area contributed by atoms with Crippen LogP contribution in [0.2, 0.25) is 0 Å². The minimum absolute atomic E-state index is 0.223. The van der Waals surface area contributed by atoms with Gasteiger partial charge in [-0.25, -0.2) is 13.4 Å². The molecule has 0 bridgehead atoms. The van der Waals surface area contributed by atoms with Crippen molar-refractivity contribution in [2.45, 2.75) is 11.4 Å². The van der Waals surface area contributed by atoms with E-state index in [0.29, 0.717) is 5.82 Å². The van der Waals surface area contributed by atoms with Gasteiger partial charge in [0.2, 0.25) is 10.0 Å². The number of aromatic nitrogens is 3. The second kappa shape index (κ2) is 4.11. The molecule has 2 aromatic rings. The number of rotatable bonds is 4. The van der Waals surface area contributed by atoms with E-state index in [1.165, 1.54) is 23.6 Å². The Morgan fingerprint density at radius 3 is 2.81 bits per heavy atom. The van der Waals surface area contributed by atoms with Crippen molar-refractivity contribution in [1.29, 1.82) is 0 Å². The van der Waals surface area contributed by atoms with Crippen molar-refractivity contribution < 1.29 is 8.42 Å². The second-order valence-electron chi connectivity index (χ2n) is 3.34. The Bertz CT molecular complexity index is 530. The molecule has 0 aliphatic rings. The molecule has 7 heteroatoms. The summed E-state index contributed by atoms with van der Waals surface area (Å²) in [5, 5.41) is 0. The monoisotopic (exact) mass is 240 g/mol. The Balaban J connectivity index is 2.19. The van der Waals surface area contributed by atoms with Crippen LogP contribution in [0.25, 0.3) is 0 Å². The topological polar surface area (TPSA) is 81.8 Å². The molecule has 0 aliphatic heterocycles. The van der Waals surface area contributed by atoms with Crippen molar-refractivity contribution in [2.75, 3.05) is 7.05 Å². The summed E-state index contributed by atoms with van der Waals surface area (Å²) < 4.78 is 25.2. The predicted molar refractivity (Wildman–Crippen MR) is 58.0 cm³/mol. The number of sulfonamides is 1. The lowest BCUT2D eigenvalue weighted by Gasteiger charge is -2.14. The van der Waals surface area contributed by atoms with Crippen LogP contribution in [0.3, 0.4) is 0 Å². The van der Waals surface area contributed by atoms with Crippen molar-refractivity contribution in [2.24, 2.45) is 0 Å². The third-order valence-corrected chi connectivity index (χ3v) is 4.00. The Hall–Kier alpha value is -1.60. The van der Waals surface area contributed by atoms with Crippen LogP contribution in [0, 0.1) is 0 Å². The number of hydrogen-bond acceptors (Lipinski definition) is 3. The first kappa shape index (κ1) is 10.9. The van der Waals surface area contributed by atoms with Gasteiger partial charge in [0.15, 0.2) is 0 Å². The highest BCUT2D eigenvalue weighted by atomic mass is 32.2. The maximum Gasteiger partial charge on any atom is 0.244 e. The Morgan fingerprint density at radius 2 is 2.25 bits per heavy atom. The number of aromatic amines is 2. The lowest BCUT2D eigenvalue weighted by Crippen LogP contribution is -2.26. The number of imidazole rings is 1. The van der Waals surface area contributed by atoms with Crippen LogP contribution in [0.5, 0.6) is 0 Å². The van der Waals surface area contributed by atoms with Crippen molar-refractivity contribution in [3.63, 3.8) is 0 Å². The largest absolute Gasteiger partial charge is 0.366 e. The number of nitrogens with one attached hydrogen (secondary N) is 2. The Morgan fingerprint density at radius 1 is 1.44 bits per heavy atom. The van der Waals surface area contributed by atoms with Gasteiger partial charge in [0, 0.05) is 31.8 Å². The molecule has 0 amide bonds. The molecule has 0 saturated heterocycles. The van der Waals surface area contributed by atoms with Gasteiger partial charge in [-0.2, -0.15) is 4.31 Å². The van der Waals surface area contributed by atoms with E-state index in [0.717, 1.165) is 0 Å². The van der Waals surface area contributed by atoms with Crippen LogP contribution >= 0.6 is 0 Å². The van der Waals surface area contributed by atoms with E-state index in [9.17, 15) is 8.42 Å². The normalized spacial score (nSPS) is 12.1. The van der Waals surface area contributed by atoms with Crippen LogP contribution in [0.4, 0.5) is 0 Å². The van der Waals surface area contributed by atoms with Crippen LogP contribution in [0.15, 0.2) is 35.7 Å². The quantitative estimate of drug-likeness (QED) is 0.819. The van der Waals surface area contributed by atoms with Crippen molar-refractivity contribution in [3.05, 3.63) is 36.7 Å². The summed E-state index contributed by atoms with van der Waals surface area (Å²) in [6.45, 7) is 0.223. The minimum Gasteiger partial charge on any atom is -0.366 e. The molecular weight excluding hydrogens is 228 g/mol. The summed E-state index contributed by atoms with van der Waals surface area (Å²) in [4.78, 5) is 9.81. The summed E-state index contributed by atoms with van der Waals surface area (Å²) in [6.07, 6.45) is 6.28. The molecule has 6 nitrogen and oxygen atoms in total. The van der Waals surface area contributed by atoms with Gasteiger partial charge in [0.1, 0.15) is 5.82 Å². The van der Waals surface area contributed by atoms with Gasteiger partial charge in [0.05, 0.1) is 11.4 Å². The molecule has 86 valence electrons. The highest BCUT2D eigenvalue weighted by molar-refractivity contribution is 7.89. The molecule has 2 heterocycles. The molecule has 2 rings (SSSR count). The lowest BCUT2D eigenvalue weighted by atomic mass is 10.6. The molecule has 0 spiro atoms. The van der Waals surface area contributed by atoms with Crippen LogP contribution in [0.1, 0.15) is 5.82 Å². The molecule has 0 radical (unpaired) electrons. The molecule has 2 aromatic heterocycles. The van der Waals surface area contributed by atoms with Crippen molar-refractivity contribution >= 4 is 10.0 Å². The maximum atomic E-state index is 12.0. The summed E-state index contributed by atoms with van der Waals surface area (Å²) in [5.41, 5.74) is 0. The number of hydrogen-bond donors (Lipinski definition) is 2. The minimum atomic E-state index is -3.43. The van der Waals surface area contributed by atoms with Gasteiger partial charge in [-0.05, 0) is 6.07 Å². The average molecular weight is 240 g/mol. The van der Waals surface area contributed by atoms with Gasteiger partial charge < -0.3 is 9.97 Å². The summed E-state index contributed by atoms with van der Waals surface area (Å²) in [5.74, 6) is 0.613. The van der Waals surface area contributed by atoms with E-state index in [4.69, 9.17) is 0 Å². The fourth-order valence-corrected chi connectivity index (χ4v) is 2.44. The van der Waals surface area contributed by atoms with Gasteiger partial charge in [0.25, 0.3) is 0 Å². The fraction of sp³-hybridized carbons (Fsp3) is 0.222. The SMILES string of the molecule is CN(Cc1ncc[nH]1)S(=O)(=O)c1cc[nH]c1. The van der Waals surface area contributed by atoms with Gasteiger partial charge in [-0.3, -0.25) is 0 Å². The van der Waals surface area contributed by atoms with Crippen LogP contribution in [-0.4, -0.2) is 34.7 Å². The van der Waals surface area contributed by atoms with Crippen LogP contribution < -0.4 is 0 Å². The van der Waals surface area contributed by atoms with E-state index in [1.807, 2.05) is 0 Å². The molecule has 0 atom stereocenters. The van der Waals surface area contributed by atoms with E-state index in [2.05, 4.69) is 15.0 Å². The van der Waals surface area contributed by atoms with E-state index < -0.39 is 10.0 Å². The molecule has 2 N–H and O–H groups in total. The smallest absolute Gasteiger partial charge is 0.244 e. The molecule has 0 saturated carbocycles. The van der Waals surface area contributed by atoms with Crippen LogP contribution in [-0.2, 0) is 16.6 Å². The van der Waals surface area contributed by atoms with E-state index in [-0.39, 0.29) is 11.4 Å². The molecule has 16 heavy (non-hydrogen) atoms. The van der Waals surface area contributed by atoms with Crippen molar-refractivity contribution in [3.8, 4) is 0 Å². The zero-order valence-electron chi connectivity index (χ0n) is 8.71. The Kier molecular flexibility index (Phi) is 2.80. The third-order valence-electron chi connectivity index (χ3n) is 2.20. The van der Waals surface area contributed by atoms with Gasteiger partial charge >= 0.3 is 0 Å². The van der Waals surface area contributed by atoms with Gasteiger partial charge in [-0.15, -0.1) is 0 Å². The van der Waals surface area contributed by atoms with Crippen molar-refractivity contribution in [1.82, 2.24) is 19.3 Å². The van der Waals surface area contributed by atoms with E-state index in [1.54, 1.807) is 18.6 Å². The molecule has 0 aliphatic carbocycles. The first-order valence-corrected chi connectivity index (χ1v) is 6.12. The Labute approximate surface area is 93.4 Å². The highest BCUT2D eigenvalue weighted by Gasteiger charge is 2.21. The summed E-state index contributed by atoms with van der Waals surface area (Å²) in [7, 11) is -1.91. The predicted octanol–water partition coefficient (Wildman–Crippen LogP) is 0.558. The summed E-state index contributed by atoms with van der Waals surface area (Å²) >= 11 is 0. The summed E-state index contributed by atoms with van der Waals surface area (Å²) in [6, 6.07) is 1.52. The second-order valence-corrected chi connectivity index (χ2v) is 5.39. The third kappa shape index (κ3) is 2.00. The molecular formula is C9H12N4O2S. The standard InChI is InChI=1S/C9H12N4O2S/c1-13(7-9-11-4-5-12-9)16(14,15)8-2-3-10-6-8/h2-6,10H,7H2,1H3,(H,11,12). The van der Waals surface area contributed by atoms with Gasteiger partial charge in [-0.1, -0.05) is 0 Å².